The van der Waals surface area contributed by atoms with E-state index in [1.165, 1.54) is 23.1 Å². The van der Waals surface area contributed by atoms with E-state index < -0.39 is 17.6 Å². The lowest BCUT2D eigenvalue weighted by Gasteiger charge is -2.17. The number of hydrogen-bond donors (Lipinski definition) is 1. The molecule has 2 aromatic rings. The average molecular weight is 363 g/mol. The van der Waals surface area contributed by atoms with Gasteiger partial charge in [-0.15, -0.1) is 0 Å². The molecular weight excluding hydrogens is 347 g/mol. The highest BCUT2D eigenvalue weighted by atomic mass is 35.5. The highest BCUT2D eigenvalue weighted by Gasteiger charge is 2.35. The smallest absolute Gasteiger partial charge is 0.229 e. The lowest BCUT2D eigenvalue weighted by atomic mass is 10.1. The van der Waals surface area contributed by atoms with Crippen LogP contribution in [0, 0.1) is 11.7 Å². The maximum atomic E-state index is 13.7. The first kappa shape index (κ1) is 17.2. The van der Waals surface area contributed by atoms with Crippen LogP contribution in [-0.4, -0.2) is 25.5 Å². The van der Waals surface area contributed by atoms with Crippen molar-refractivity contribution in [1.29, 1.82) is 0 Å². The van der Waals surface area contributed by atoms with Crippen LogP contribution >= 0.6 is 11.6 Å². The van der Waals surface area contributed by atoms with Gasteiger partial charge < -0.3 is 15.0 Å². The Kier molecular flexibility index (Phi) is 4.90. The molecule has 0 aliphatic carbocycles. The molecule has 1 atom stereocenters. The van der Waals surface area contributed by atoms with Crippen molar-refractivity contribution in [3.63, 3.8) is 0 Å². The van der Waals surface area contributed by atoms with Crippen LogP contribution in [0.5, 0.6) is 5.75 Å². The van der Waals surface area contributed by atoms with Gasteiger partial charge in [-0.1, -0.05) is 11.6 Å². The highest BCUT2D eigenvalue weighted by Crippen LogP contribution is 2.28. The maximum Gasteiger partial charge on any atom is 0.229 e. The van der Waals surface area contributed by atoms with Crippen molar-refractivity contribution >= 4 is 34.8 Å². The van der Waals surface area contributed by atoms with E-state index in [1.54, 1.807) is 31.4 Å². The molecule has 0 aromatic heterocycles. The molecule has 0 bridgehead atoms. The Balaban J connectivity index is 1.70. The van der Waals surface area contributed by atoms with Crippen molar-refractivity contribution in [3.8, 4) is 5.75 Å². The minimum absolute atomic E-state index is 0.00727. The van der Waals surface area contributed by atoms with Gasteiger partial charge in [0.25, 0.3) is 0 Å². The van der Waals surface area contributed by atoms with Crippen LogP contribution in [0.4, 0.5) is 15.8 Å². The van der Waals surface area contributed by atoms with Crippen molar-refractivity contribution < 1.29 is 18.7 Å². The molecular formula is C18H16ClFN2O3. The van der Waals surface area contributed by atoms with Gasteiger partial charge in [-0.25, -0.2) is 4.39 Å². The van der Waals surface area contributed by atoms with Gasteiger partial charge in [0.05, 0.1) is 18.7 Å². The van der Waals surface area contributed by atoms with Gasteiger partial charge in [-0.05, 0) is 42.5 Å². The highest BCUT2D eigenvalue weighted by molar-refractivity contribution is 6.30. The minimum atomic E-state index is -0.575. The molecule has 0 radical (unpaired) electrons. The molecule has 130 valence electrons. The third kappa shape index (κ3) is 3.74. The van der Waals surface area contributed by atoms with Crippen LogP contribution in [0.25, 0.3) is 0 Å². The summed E-state index contributed by atoms with van der Waals surface area (Å²) in [5.74, 6) is -1.02. The maximum absolute atomic E-state index is 13.7. The molecule has 0 saturated carbocycles. The van der Waals surface area contributed by atoms with Crippen LogP contribution in [0.2, 0.25) is 5.02 Å². The van der Waals surface area contributed by atoms with Gasteiger partial charge in [0.15, 0.2) is 0 Å². The number of nitrogens with one attached hydrogen (secondary N) is 1. The van der Waals surface area contributed by atoms with E-state index in [0.717, 1.165) is 0 Å². The van der Waals surface area contributed by atoms with Gasteiger partial charge in [0.2, 0.25) is 11.8 Å². The summed E-state index contributed by atoms with van der Waals surface area (Å²) in [6, 6.07) is 10.9. The van der Waals surface area contributed by atoms with Crippen molar-refractivity contribution in [2.45, 2.75) is 6.42 Å². The van der Waals surface area contributed by atoms with E-state index in [4.69, 9.17) is 16.3 Å². The van der Waals surface area contributed by atoms with E-state index in [2.05, 4.69) is 5.32 Å². The predicted octanol–water partition coefficient (Wildman–Crippen LogP) is 3.48. The molecule has 1 N–H and O–H groups in total. The Morgan fingerprint density at radius 2 is 2.00 bits per heavy atom. The molecule has 1 saturated heterocycles. The zero-order valence-corrected chi connectivity index (χ0v) is 14.2. The molecule has 7 heteroatoms. The molecule has 2 aromatic carbocycles. The lowest BCUT2D eigenvalue weighted by molar-refractivity contribution is -0.122. The first-order valence-electron chi connectivity index (χ1n) is 7.68. The molecule has 1 aliphatic rings. The monoisotopic (exact) mass is 362 g/mol. The molecule has 0 spiro atoms. The fourth-order valence-electron chi connectivity index (χ4n) is 2.72. The number of ether oxygens (including phenoxy) is 1. The Labute approximate surface area is 149 Å². The second kappa shape index (κ2) is 7.11. The van der Waals surface area contributed by atoms with E-state index >= 15 is 0 Å². The minimum Gasteiger partial charge on any atom is -0.497 e. The topological polar surface area (TPSA) is 58.6 Å². The number of carbonyl (C=O) groups excluding carboxylic acids is 2. The first-order valence-corrected chi connectivity index (χ1v) is 8.06. The van der Waals surface area contributed by atoms with Crippen LogP contribution < -0.4 is 15.0 Å². The van der Waals surface area contributed by atoms with Crippen LogP contribution in [0.15, 0.2) is 42.5 Å². The molecule has 1 unspecified atom stereocenters. The zero-order valence-electron chi connectivity index (χ0n) is 13.5. The fourth-order valence-corrected chi connectivity index (χ4v) is 2.90. The van der Waals surface area contributed by atoms with E-state index in [-0.39, 0.29) is 24.6 Å². The summed E-state index contributed by atoms with van der Waals surface area (Å²) in [5.41, 5.74) is 0.697. The number of carbonyl (C=O) groups is 2. The molecule has 3 rings (SSSR count). The van der Waals surface area contributed by atoms with E-state index in [9.17, 15) is 14.0 Å². The van der Waals surface area contributed by atoms with Gasteiger partial charge >= 0.3 is 0 Å². The fraction of sp³-hybridized carbons (Fsp3) is 0.222. The summed E-state index contributed by atoms with van der Waals surface area (Å²) in [6.45, 7) is 0.235. The van der Waals surface area contributed by atoms with Crippen LogP contribution in [0.1, 0.15) is 6.42 Å². The zero-order chi connectivity index (χ0) is 18.0. The third-order valence-electron chi connectivity index (χ3n) is 4.07. The van der Waals surface area contributed by atoms with Crippen molar-refractivity contribution in [2.75, 3.05) is 23.9 Å². The summed E-state index contributed by atoms with van der Waals surface area (Å²) in [4.78, 5) is 26.2. The number of hydrogen-bond acceptors (Lipinski definition) is 3. The Bertz CT molecular complexity index is 810. The van der Waals surface area contributed by atoms with Gasteiger partial charge in [-0.3, -0.25) is 9.59 Å². The number of rotatable bonds is 4. The van der Waals surface area contributed by atoms with E-state index in [0.29, 0.717) is 16.5 Å². The number of amides is 2. The van der Waals surface area contributed by atoms with Crippen molar-refractivity contribution in [3.05, 3.63) is 53.3 Å². The number of halogens is 2. The van der Waals surface area contributed by atoms with Crippen molar-refractivity contribution in [2.24, 2.45) is 5.92 Å². The summed E-state index contributed by atoms with van der Waals surface area (Å²) in [6.07, 6.45) is 0.0695. The van der Waals surface area contributed by atoms with Crippen LogP contribution in [0.3, 0.4) is 0 Å². The quantitative estimate of drug-likeness (QED) is 0.905. The van der Waals surface area contributed by atoms with Crippen molar-refractivity contribution in [1.82, 2.24) is 0 Å². The normalized spacial score (nSPS) is 16.8. The summed E-state index contributed by atoms with van der Waals surface area (Å²) < 4.78 is 18.8. The second-order valence-corrected chi connectivity index (χ2v) is 6.15. The number of methoxy groups -OCH3 is 1. The molecule has 25 heavy (non-hydrogen) atoms. The predicted molar refractivity (Wildman–Crippen MR) is 93.5 cm³/mol. The molecule has 1 fully saturated rings. The standard InChI is InChI=1S/C18H16ClFN2O3/c1-25-14-5-3-13(4-6-14)22-10-11(8-17(22)23)18(24)21-16-9-12(19)2-7-15(16)20/h2-7,9,11H,8,10H2,1H3,(H,21,24). The average Bonchev–Trinajstić information content (AvgIpc) is 3.00. The Morgan fingerprint density at radius 3 is 2.68 bits per heavy atom. The number of benzene rings is 2. The summed E-state index contributed by atoms with van der Waals surface area (Å²) >= 11 is 5.82. The van der Waals surface area contributed by atoms with Gasteiger partial charge in [0, 0.05) is 23.7 Å². The SMILES string of the molecule is COc1ccc(N2CC(C(=O)Nc3cc(Cl)ccc3F)CC2=O)cc1. The number of nitrogens with zero attached hydrogens (tertiary/aromatic N) is 1. The summed E-state index contributed by atoms with van der Waals surface area (Å²) in [5, 5.41) is 2.83. The first-order chi connectivity index (χ1) is 12.0. The Morgan fingerprint density at radius 1 is 1.28 bits per heavy atom. The largest absolute Gasteiger partial charge is 0.497 e. The van der Waals surface area contributed by atoms with Crippen LogP contribution in [-0.2, 0) is 9.59 Å². The second-order valence-electron chi connectivity index (χ2n) is 5.72. The summed E-state index contributed by atoms with van der Waals surface area (Å²) in [7, 11) is 1.56. The third-order valence-corrected chi connectivity index (χ3v) is 4.30. The van der Waals surface area contributed by atoms with Gasteiger partial charge in [-0.2, -0.15) is 0 Å². The number of anilines is 2. The Hall–Kier alpha value is -2.60. The molecule has 2 amide bonds. The lowest BCUT2D eigenvalue weighted by Crippen LogP contribution is -2.28. The molecule has 5 nitrogen and oxygen atoms in total. The van der Waals surface area contributed by atoms with Gasteiger partial charge in [0.1, 0.15) is 11.6 Å². The van der Waals surface area contributed by atoms with E-state index in [1.807, 2.05) is 0 Å². The molecule has 1 heterocycles. The molecule has 1 aliphatic heterocycles.